The van der Waals surface area contributed by atoms with Crippen LogP contribution in [0.1, 0.15) is 5.56 Å². The number of halogens is 1. The number of benzene rings is 2. The summed E-state index contributed by atoms with van der Waals surface area (Å²) in [7, 11) is 0. The van der Waals surface area contributed by atoms with Gasteiger partial charge in [-0.15, -0.1) is 0 Å². The van der Waals surface area contributed by atoms with Gasteiger partial charge in [-0.25, -0.2) is 9.37 Å². The molecule has 19 heavy (non-hydrogen) atoms. The summed E-state index contributed by atoms with van der Waals surface area (Å²) in [6, 6.07) is 12.4. The van der Waals surface area contributed by atoms with E-state index < -0.39 is 0 Å². The fourth-order valence-corrected chi connectivity index (χ4v) is 2.68. The Morgan fingerprint density at radius 2 is 2.11 bits per heavy atom. The zero-order valence-corrected chi connectivity index (χ0v) is 10.9. The van der Waals surface area contributed by atoms with E-state index in [0.717, 1.165) is 21.5 Å². The maximum atomic E-state index is 13.1. The minimum absolute atomic E-state index is 0.218. The van der Waals surface area contributed by atoms with Crippen molar-refractivity contribution in [2.75, 3.05) is 11.1 Å². The fourth-order valence-electron chi connectivity index (χ4n) is 1.90. The molecular formula is C14H12FN3S. The molecule has 96 valence electrons. The van der Waals surface area contributed by atoms with Gasteiger partial charge in [0.15, 0.2) is 5.13 Å². The number of nitrogens with zero attached hydrogens (tertiary/aromatic N) is 1. The van der Waals surface area contributed by atoms with Crippen LogP contribution in [0.15, 0.2) is 42.5 Å². The maximum Gasteiger partial charge on any atom is 0.181 e. The van der Waals surface area contributed by atoms with E-state index in [4.69, 9.17) is 5.73 Å². The largest absolute Gasteiger partial charge is 0.381 e. The van der Waals surface area contributed by atoms with Crippen molar-refractivity contribution >= 4 is 32.4 Å². The molecule has 3 aromatic rings. The standard InChI is InChI=1S/C14H12FN3S/c15-10-3-1-2-9(6-10)8-17-11-4-5-12-13(7-11)19-14(16)18-12/h1-7,17H,8H2,(H2,16,18). The Balaban J connectivity index is 1.78. The van der Waals surface area contributed by atoms with Gasteiger partial charge in [-0.05, 0) is 35.9 Å². The second-order valence-electron chi connectivity index (χ2n) is 4.22. The molecule has 0 radical (unpaired) electrons. The van der Waals surface area contributed by atoms with E-state index in [1.54, 1.807) is 6.07 Å². The molecule has 1 heterocycles. The van der Waals surface area contributed by atoms with Gasteiger partial charge in [0.2, 0.25) is 0 Å². The fraction of sp³-hybridized carbons (Fsp3) is 0.0714. The molecule has 0 bridgehead atoms. The third-order valence-corrected chi connectivity index (χ3v) is 3.64. The molecule has 0 spiro atoms. The van der Waals surface area contributed by atoms with Gasteiger partial charge in [-0.2, -0.15) is 0 Å². The van der Waals surface area contributed by atoms with Crippen molar-refractivity contribution in [1.82, 2.24) is 4.98 Å². The van der Waals surface area contributed by atoms with Gasteiger partial charge in [-0.3, -0.25) is 0 Å². The molecule has 0 amide bonds. The number of thiazole rings is 1. The van der Waals surface area contributed by atoms with Crippen LogP contribution in [0.4, 0.5) is 15.2 Å². The number of hydrogen-bond donors (Lipinski definition) is 2. The summed E-state index contributed by atoms with van der Waals surface area (Å²) in [5.74, 6) is -0.218. The molecule has 0 fully saturated rings. The summed E-state index contributed by atoms with van der Waals surface area (Å²) < 4.78 is 14.1. The summed E-state index contributed by atoms with van der Waals surface area (Å²) >= 11 is 1.46. The summed E-state index contributed by atoms with van der Waals surface area (Å²) in [6.45, 7) is 0.581. The van der Waals surface area contributed by atoms with Gasteiger partial charge in [0, 0.05) is 12.2 Å². The third kappa shape index (κ3) is 2.66. The zero-order chi connectivity index (χ0) is 13.2. The molecular weight excluding hydrogens is 261 g/mol. The number of anilines is 2. The Bertz CT molecular complexity index is 724. The SMILES string of the molecule is Nc1nc2ccc(NCc3cccc(F)c3)cc2s1. The van der Waals surface area contributed by atoms with Gasteiger partial charge in [0.1, 0.15) is 5.82 Å². The van der Waals surface area contributed by atoms with Crippen LogP contribution in [0.5, 0.6) is 0 Å². The van der Waals surface area contributed by atoms with Gasteiger partial charge in [0.25, 0.3) is 0 Å². The van der Waals surface area contributed by atoms with Crippen LogP contribution in [-0.2, 0) is 6.54 Å². The number of nitrogens with one attached hydrogen (secondary N) is 1. The molecule has 0 atom stereocenters. The monoisotopic (exact) mass is 273 g/mol. The third-order valence-electron chi connectivity index (χ3n) is 2.79. The highest BCUT2D eigenvalue weighted by molar-refractivity contribution is 7.22. The van der Waals surface area contributed by atoms with E-state index in [1.807, 2.05) is 24.3 Å². The Morgan fingerprint density at radius 3 is 2.95 bits per heavy atom. The lowest BCUT2D eigenvalue weighted by molar-refractivity contribution is 0.626. The van der Waals surface area contributed by atoms with Crippen molar-refractivity contribution < 1.29 is 4.39 Å². The minimum atomic E-state index is -0.218. The molecule has 0 aliphatic heterocycles. The predicted octanol–water partition coefficient (Wildman–Crippen LogP) is 3.63. The lowest BCUT2D eigenvalue weighted by Gasteiger charge is -2.06. The van der Waals surface area contributed by atoms with E-state index in [1.165, 1.54) is 23.5 Å². The number of hydrogen-bond acceptors (Lipinski definition) is 4. The molecule has 5 heteroatoms. The number of nitrogen functional groups attached to an aromatic ring is 1. The highest BCUT2D eigenvalue weighted by atomic mass is 32.1. The molecule has 0 aliphatic carbocycles. The molecule has 0 saturated carbocycles. The Hall–Kier alpha value is -2.14. The molecule has 3 nitrogen and oxygen atoms in total. The van der Waals surface area contributed by atoms with E-state index in [9.17, 15) is 4.39 Å². The molecule has 0 unspecified atom stereocenters. The van der Waals surface area contributed by atoms with Crippen LogP contribution in [0.25, 0.3) is 10.2 Å². The summed E-state index contributed by atoms with van der Waals surface area (Å²) in [4.78, 5) is 4.20. The first-order chi connectivity index (χ1) is 9.20. The van der Waals surface area contributed by atoms with Crippen LogP contribution >= 0.6 is 11.3 Å². The Morgan fingerprint density at radius 1 is 1.21 bits per heavy atom. The van der Waals surface area contributed by atoms with Crippen molar-refractivity contribution in [2.24, 2.45) is 0 Å². The summed E-state index contributed by atoms with van der Waals surface area (Å²) in [5, 5.41) is 3.83. The highest BCUT2D eigenvalue weighted by Gasteiger charge is 2.02. The van der Waals surface area contributed by atoms with E-state index in [2.05, 4.69) is 10.3 Å². The quantitative estimate of drug-likeness (QED) is 0.766. The molecule has 0 saturated heterocycles. The topological polar surface area (TPSA) is 50.9 Å². The number of fused-ring (bicyclic) bond motifs is 1. The van der Waals surface area contributed by atoms with Crippen LogP contribution in [0.2, 0.25) is 0 Å². The predicted molar refractivity (Wildman–Crippen MR) is 77.8 cm³/mol. The minimum Gasteiger partial charge on any atom is -0.381 e. The van der Waals surface area contributed by atoms with Gasteiger partial charge in [0.05, 0.1) is 10.2 Å². The average Bonchev–Trinajstić information content (AvgIpc) is 2.75. The van der Waals surface area contributed by atoms with Crippen molar-refractivity contribution in [2.45, 2.75) is 6.54 Å². The average molecular weight is 273 g/mol. The first-order valence-corrected chi connectivity index (χ1v) is 6.67. The molecule has 0 aliphatic rings. The smallest absolute Gasteiger partial charge is 0.181 e. The number of aromatic nitrogens is 1. The normalized spacial score (nSPS) is 10.8. The zero-order valence-electron chi connectivity index (χ0n) is 10.1. The van der Waals surface area contributed by atoms with Crippen molar-refractivity contribution in [3.63, 3.8) is 0 Å². The maximum absolute atomic E-state index is 13.1. The van der Waals surface area contributed by atoms with Crippen LogP contribution in [0, 0.1) is 5.82 Å². The second-order valence-corrected chi connectivity index (χ2v) is 5.28. The van der Waals surface area contributed by atoms with Crippen LogP contribution in [-0.4, -0.2) is 4.98 Å². The van der Waals surface area contributed by atoms with E-state index in [0.29, 0.717) is 11.7 Å². The molecule has 2 aromatic carbocycles. The number of rotatable bonds is 3. The lowest BCUT2D eigenvalue weighted by Crippen LogP contribution is -1.99. The van der Waals surface area contributed by atoms with E-state index in [-0.39, 0.29) is 5.82 Å². The summed E-state index contributed by atoms with van der Waals surface area (Å²) in [6.07, 6.45) is 0. The molecule has 3 rings (SSSR count). The molecule has 1 aromatic heterocycles. The first-order valence-electron chi connectivity index (χ1n) is 5.85. The van der Waals surface area contributed by atoms with Crippen molar-refractivity contribution in [3.8, 4) is 0 Å². The van der Waals surface area contributed by atoms with Gasteiger partial charge >= 0.3 is 0 Å². The lowest BCUT2D eigenvalue weighted by atomic mass is 10.2. The van der Waals surface area contributed by atoms with Crippen molar-refractivity contribution in [3.05, 3.63) is 53.8 Å². The second kappa shape index (κ2) is 4.85. The van der Waals surface area contributed by atoms with Crippen LogP contribution in [0.3, 0.4) is 0 Å². The number of nitrogens with two attached hydrogens (primary N) is 1. The van der Waals surface area contributed by atoms with Crippen molar-refractivity contribution in [1.29, 1.82) is 0 Å². The van der Waals surface area contributed by atoms with Crippen LogP contribution < -0.4 is 11.1 Å². The van der Waals surface area contributed by atoms with Gasteiger partial charge in [-0.1, -0.05) is 23.5 Å². The first kappa shape index (κ1) is 11.9. The van der Waals surface area contributed by atoms with Gasteiger partial charge < -0.3 is 11.1 Å². The highest BCUT2D eigenvalue weighted by Crippen LogP contribution is 2.26. The summed E-state index contributed by atoms with van der Waals surface area (Å²) in [5.41, 5.74) is 8.45. The Kier molecular flexibility index (Phi) is 3.05. The Labute approximate surface area is 113 Å². The van der Waals surface area contributed by atoms with E-state index >= 15 is 0 Å². The molecule has 3 N–H and O–H groups in total.